The highest BCUT2D eigenvalue weighted by Gasteiger charge is 2.47. The number of hydrogen-bond acceptors (Lipinski definition) is 4. The van der Waals surface area contributed by atoms with Crippen LogP contribution in [-0.4, -0.2) is 28.8 Å². The van der Waals surface area contributed by atoms with Gasteiger partial charge in [-0.05, 0) is 31.1 Å². The molecule has 6 aromatic rings. The summed E-state index contributed by atoms with van der Waals surface area (Å²) in [6.45, 7) is 0. The first-order chi connectivity index (χ1) is 22.6. The summed E-state index contributed by atoms with van der Waals surface area (Å²) in [7, 11) is -6.82. The molecule has 6 aromatic carbocycles. The molecule has 8 heteroatoms. The molecule has 0 radical (unpaired) electrons. The Morgan fingerprint density at radius 3 is 0.674 bits per heavy atom. The van der Waals surface area contributed by atoms with Crippen LogP contribution in [0.4, 0.5) is 9.59 Å². The van der Waals surface area contributed by atoms with Crippen molar-refractivity contribution in [3.05, 3.63) is 182 Å². The van der Waals surface area contributed by atoms with Crippen LogP contribution in [0.5, 0.6) is 0 Å². The second kappa shape index (κ2) is 13.9. The van der Waals surface area contributed by atoms with E-state index in [1.807, 2.05) is 182 Å². The highest BCUT2D eigenvalue weighted by Crippen LogP contribution is 2.14. The van der Waals surface area contributed by atoms with Crippen molar-refractivity contribution >= 4 is 59.9 Å². The van der Waals surface area contributed by atoms with Crippen molar-refractivity contribution in [3.63, 3.8) is 0 Å². The van der Waals surface area contributed by atoms with Crippen LogP contribution in [0.25, 0.3) is 0 Å². The summed E-state index contributed by atoms with van der Waals surface area (Å²) in [6, 6.07) is 57.8. The fourth-order valence-corrected chi connectivity index (χ4v) is 13.1. The maximum atomic E-state index is 13.6. The highest BCUT2D eigenvalue weighted by molar-refractivity contribution is 7.08. The minimum absolute atomic E-state index is 0.849. The first kappa shape index (κ1) is 30.3. The molecule has 0 bridgehead atoms. The SMILES string of the molecule is O=C(/N=N/C(=O)O[Si](c1ccccc1)(c1ccccc1)c1ccccc1)O[Si](c1ccccc1)(c1ccccc1)c1ccccc1. The molecule has 0 heterocycles. The lowest BCUT2D eigenvalue weighted by Gasteiger charge is -2.31. The molecule has 0 aliphatic rings. The molecule has 0 fully saturated rings. The maximum Gasteiger partial charge on any atom is 0.439 e. The fraction of sp³-hybridized carbons (Fsp3) is 0. The number of rotatable bonds is 8. The van der Waals surface area contributed by atoms with Crippen molar-refractivity contribution in [1.29, 1.82) is 0 Å². The zero-order valence-electron chi connectivity index (χ0n) is 24.8. The van der Waals surface area contributed by atoms with Gasteiger partial charge in [-0.2, -0.15) is 0 Å². The average Bonchev–Trinajstić information content (AvgIpc) is 3.14. The Morgan fingerprint density at radius 1 is 0.326 bits per heavy atom. The number of carbonyl (C=O) groups excluding carboxylic acids is 2. The number of hydrogen-bond donors (Lipinski definition) is 0. The summed E-state index contributed by atoms with van der Waals surface area (Å²) in [5.74, 6) is 0. The van der Waals surface area contributed by atoms with E-state index in [0.717, 1.165) is 31.1 Å². The first-order valence-electron chi connectivity index (χ1n) is 14.8. The van der Waals surface area contributed by atoms with Gasteiger partial charge in [0.2, 0.25) is 0 Å². The third kappa shape index (κ3) is 6.12. The van der Waals surface area contributed by atoms with Gasteiger partial charge in [-0.3, -0.25) is 0 Å². The molecule has 6 rings (SSSR count). The van der Waals surface area contributed by atoms with Crippen LogP contribution in [-0.2, 0) is 8.85 Å². The minimum Gasteiger partial charge on any atom is -0.487 e. The van der Waals surface area contributed by atoms with Gasteiger partial charge in [0, 0.05) is 0 Å². The lowest BCUT2D eigenvalue weighted by molar-refractivity contribution is 0.200. The van der Waals surface area contributed by atoms with Gasteiger partial charge < -0.3 is 8.85 Å². The van der Waals surface area contributed by atoms with Crippen LogP contribution >= 0.6 is 0 Å². The predicted octanol–water partition coefficient (Wildman–Crippen LogP) is 5.05. The molecule has 2 amide bonds. The van der Waals surface area contributed by atoms with Crippen LogP contribution < -0.4 is 31.1 Å². The summed E-state index contributed by atoms with van der Waals surface area (Å²) >= 11 is 0. The molecule has 224 valence electrons. The largest absolute Gasteiger partial charge is 0.487 e. The van der Waals surface area contributed by atoms with Crippen LogP contribution in [0.15, 0.2) is 192 Å². The lowest BCUT2D eigenvalue weighted by atomic mass is 10.3. The molecule has 0 unspecified atom stereocenters. The molecule has 0 saturated heterocycles. The Labute approximate surface area is 269 Å². The van der Waals surface area contributed by atoms with E-state index in [-0.39, 0.29) is 0 Å². The lowest BCUT2D eigenvalue weighted by Crippen LogP contribution is -2.70. The van der Waals surface area contributed by atoms with Crippen molar-refractivity contribution in [2.75, 3.05) is 0 Å². The van der Waals surface area contributed by atoms with Crippen molar-refractivity contribution in [3.8, 4) is 0 Å². The number of azo groups is 1. The van der Waals surface area contributed by atoms with Crippen molar-refractivity contribution < 1.29 is 18.4 Å². The minimum atomic E-state index is -3.41. The number of benzene rings is 6. The Kier molecular flexibility index (Phi) is 9.19. The van der Waals surface area contributed by atoms with Gasteiger partial charge in [-0.25, -0.2) is 9.59 Å². The molecule has 0 N–H and O–H groups in total. The van der Waals surface area contributed by atoms with Crippen LogP contribution in [0, 0.1) is 0 Å². The monoisotopic (exact) mass is 634 g/mol. The Balaban J connectivity index is 1.38. The summed E-state index contributed by atoms with van der Waals surface area (Å²) in [5, 5.41) is 12.7. The Bertz CT molecular complexity index is 1580. The van der Waals surface area contributed by atoms with E-state index >= 15 is 0 Å². The highest BCUT2D eigenvalue weighted by atomic mass is 28.4. The van der Waals surface area contributed by atoms with E-state index < -0.39 is 28.8 Å². The van der Waals surface area contributed by atoms with E-state index in [4.69, 9.17) is 8.85 Å². The normalized spacial score (nSPS) is 11.6. The molecule has 0 aliphatic carbocycles. The van der Waals surface area contributed by atoms with Gasteiger partial charge in [0.25, 0.3) is 0 Å². The van der Waals surface area contributed by atoms with Gasteiger partial charge in [-0.1, -0.05) is 192 Å². The van der Waals surface area contributed by atoms with Crippen molar-refractivity contribution in [2.24, 2.45) is 10.2 Å². The number of amides is 2. The molecule has 46 heavy (non-hydrogen) atoms. The third-order valence-electron chi connectivity index (χ3n) is 7.78. The van der Waals surface area contributed by atoms with Gasteiger partial charge in [0.05, 0.1) is 0 Å². The van der Waals surface area contributed by atoms with Crippen LogP contribution in [0.2, 0.25) is 0 Å². The molecular formula is C38H30N2O4Si2. The van der Waals surface area contributed by atoms with E-state index in [1.165, 1.54) is 0 Å². The van der Waals surface area contributed by atoms with E-state index in [2.05, 4.69) is 10.2 Å². The zero-order valence-corrected chi connectivity index (χ0v) is 26.8. The van der Waals surface area contributed by atoms with Gasteiger partial charge in [0.1, 0.15) is 0 Å². The molecular weight excluding hydrogens is 605 g/mol. The molecule has 6 nitrogen and oxygen atoms in total. The second-order valence-electron chi connectivity index (χ2n) is 10.5. The van der Waals surface area contributed by atoms with Gasteiger partial charge in [0.15, 0.2) is 0 Å². The zero-order chi connectivity index (χ0) is 31.7. The average molecular weight is 635 g/mol. The predicted molar refractivity (Wildman–Crippen MR) is 186 cm³/mol. The van der Waals surface area contributed by atoms with E-state index in [0.29, 0.717) is 0 Å². The summed E-state index contributed by atoms with van der Waals surface area (Å²) < 4.78 is 12.7. The fourth-order valence-electron chi connectivity index (χ4n) is 5.78. The third-order valence-corrected chi connectivity index (χ3v) is 15.6. The smallest absolute Gasteiger partial charge is 0.439 e. The molecule has 0 spiro atoms. The first-order valence-corrected chi connectivity index (χ1v) is 18.7. The second-order valence-corrected chi connectivity index (χ2v) is 17.1. The topological polar surface area (TPSA) is 77.3 Å². The number of nitrogens with zero attached hydrogens (tertiary/aromatic N) is 2. The summed E-state index contributed by atoms with van der Waals surface area (Å²) in [5.41, 5.74) is 0. The molecule has 0 aliphatic heterocycles. The van der Waals surface area contributed by atoms with Crippen LogP contribution in [0.1, 0.15) is 0 Å². The standard InChI is InChI=1S/C38H30N2O4Si2/c41-37(43-45(31-19-7-1-8-20-31,32-21-9-2-10-22-32)33-23-11-3-12-24-33)39-40-38(42)44-46(34-25-13-4-14-26-34,35-27-15-5-16-28-35)36-29-17-6-18-30-36/h1-30H/b40-39+. The Morgan fingerprint density at radius 2 is 0.500 bits per heavy atom. The molecule has 0 atom stereocenters. The van der Waals surface area contributed by atoms with Crippen molar-refractivity contribution in [2.45, 2.75) is 0 Å². The molecule has 0 saturated carbocycles. The quantitative estimate of drug-likeness (QED) is 0.134. The number of carbonyl (C=O) groups is 2. The van der Waals surface area contributed by atoms with Crippen molar-refractivity contribution in [1.82, 2.24) is 0 Å². The summed E-state index contributed by atoms with van der Waals surface area (Å²) in [4.78, 5) is 27.2. The van der Waals surface area contributed by atoms with Crippen LogP contribution in [0.3, 0.4) is 0 Å². The van der Waals surface area contributed by atoms with Gasteiger partial charge in [-0.15, -0.1) is 0 Å². The Hall–Kier alpha value is -5.71. The molecule has 0 aromatic heterocycles. The van der Waals surface area contributed by atoms with Gasteiger partial charge >= 0.3 is 28.8 Å². The summed E-state index contributed by atoms with van der Waals surface area (Å²) in [6.07, 6.45) is -1.96. The van der Waals surface area contributed by atoms with E-state index in [9.17, 15) is 9.59 Å². The van der Waals surface area contributed by atoms with E-state index in [1.54, 1.807) is 0 Å². The maximum absolute atomic E-state index is 13.6.